The molecule has 0 fully saturated rings. The highest BCUT2D eigenvalue weighted by Crippen LogP contribution is 2.56. The summed E-state index contributed by atoms with van der Waals surface area (Å²) in [7, 11) is 0. The maximum atomic E-state index is 13.1. The van der Waals surface area contributed by atoms with Crippen LogP contribution in [-0.2, 0) is 5.60 Å². The number of benzene rings is 1. The lowest BCUT2D eigenvalue weighted by atomic mass is 9.74. The first kappa shape index (κ1) is 22.8. The fourth-order valence-corrected chi connectivity index (χ4v) is 3.80. The van der Waals surface area contributed by atoms with Gasteiger partial charge in [-0.3, -0.25) is 0 Å². The topological polar surface area (TPSA) is 20.2 Å². The van der Waals surface area contributed by atoms with E-state index in [2.05, 4.69) is 20.8 Å². The third-order valence-electron chi connectivity index (χ3n) is 5.23. The normalized spacial score (nSPS) is 17.8. The summed E-state index contributed by atoms with van der Waals surface area (Å²) in [5.74, 6) is -0.124. The molecule has 158 valence electrons. The second kappa shape index (κ2) is 6.51. The fourth-order valence-electron chi connectivity index (χ4n) is 3.80. The zero-order valence-electron chi connectivity index (χ0n) is 16.8. The van der Waals surface area contributed by atoms with E-state index in [-0.39, 0.29) is 16.7 Å². The van der Waals surface area contributed by atoms with Gasteiger partial charge in [0.15, 0.2) is 0 Å². The largest absolute Gasteiger partial charge is 0.430 e. The van der Waals surface area contributed by atoms with Crippen LogP contribution in [0.25, 0.3) is 0 Å². The summed E-state index contributed by atoms with van der Waals surface area (Å²) in [6.45, 7) is 12.2. The molecule has 7 heteroatoms. The summed E-state index contributed by atoms with van der Waals surface area (Å²) in [5, 5.41) is 9.56. The van der Waals surface area contributed by atoms with Gasteiger partial charge < -0.3 is 5.11 Å². The fraction of sp³-hybridized carbons (Fsp3) is 0.619. The smallest absolute Gasteiger partial charge is 0.369 e. The van der Waals surface area contributed by atoms with Crippen molar-refractivity contribution in [2.45, 2.75) is 71.8 Å². The molecule has 0 bridgehead atoms. The van der Waals surface area contributed by atoms with Crippen LogP contribution >= 0.6 is 0 Å². The highest BCUT2D eigenvalue weighted by molar-refractivity contribution is 5.49. The van der Waals surface area contributed by atoms with Crippen LogP contribution in [0.15, 0.2) is 35.4 Å². The van der Waals surface area contributed by atoms with Crippen molar-refractivity contribution in [3.05, 3.63) is 46.5 Å². The molecule has 28 heavy (non-hydrogen) atoms. The number of aliphatic hydroxyl groups is 1. The molecule has 0 heterocycles. The minimum Gasteiger partial charge on any atom is -0.369 e. The van der Waals surface area contributed by atoms with Crippen molar-refractivity contribution in [3.63, 3.8) is 0 Å². The van der Waals surface area contributed by atoms with Gasteiger partial charge in [0.25, 0.3) is 5.60 Å². The Hall–Kier alpha value is -1.50. The molecular weight excluding hydrogens is 382 g/mol. The summed E-state index contributed by atoms with van der Waals surface area (Å²) in [4.78, 5) is 0. The summed E-state index contributed by atoms with van der Waals surface area (Å²) < 4.78 is 78.5. The van der Waals surface area contributed by atoms with Crippen LogP contribution in [-0.4, -0.2) is 17.5 Å². The van der Waals surface area contributed by atoms with Crippen molar-refractivity contribution in [1.29, 1.82) is 0 Å². The van der Waals surface area contributed by atoms with Gasteiger partial charge in [0.2, 0.25) is 0 Å². The van der Waals surface area contributed by atoms with E-state index in [1.54, 1.807) is 0 Å². The summed E-state index contributed by atoms with van der Waals surface area (Å²) in [6.07, 6.45) is -11.0. The molecule has 2 rings (SSSR count). The minimum atomic E-state index is -5.88. The average molecular weight is 408 g/mol. The number of allylic oxidation sites excluding steroid dienone is 2. The van der Waals surface area contributed by atoms with Crippen LogP contribution in [0.5, 0.6) is 0 Å². The highest BCUT2D eigenvalue weighted by Gasteiger charge is 2.71. The lowest BCUT2D eigenvalue weighted by molar-refractivity contribution is -0.376. The molecule has 1 nitrogen and oxygen atoms in total. The van der Waals surface area contributed by atoms with Crippen molar-refractivity contribution in [2.24, 2.45) is 10.8 Å². The third kappa shape index (κ3) is 3.95. The van der Waals surface area contributed by atoms with E-state index >= 15 is 0 Å². The van der Waals surface area contributed by atoms with Gasteiger partial charge in [-0.25, -0.2) is 0 Å². The van der Waals surface area contributed by atoms with Gasteiger partial charge in [0.1, 0.15) is 0 Å². The van der Waals surface area contributed by atoms with E-state index in [9.17, 15) is 31.4 Å². The first-order valence-corrected chi connectivity index (χ1v) is 9.00. The highest BCUT2D eigenvalue weighted by atomic mass is 19.4. The molecule has 1 aromatic rings. The molecule has 0 spiro atoms. The Morgan fingerprint density at radius 3 is 1.50 bits per heavy atom. The predicted molar refractivity (Wildman–Crippen MR) is 95.7 cm³/mol. The molecule has 1 aliphatic carbocycles. The summed E-state index contributed by atoms with van der Waals surface area (Å²) >= 11 is 0. The molecule has 0 aliphatic heterocycles. The lowest BCUT2D eigenvalue weighted by Gasteiger charge is -2.34. The maximum Gasteiger partial charge on any atom is 0.430 e. The summed E-state index contributed by atoms with van der Waals surface area (Å²) in [6, 6.07) is 3.99. The van der Waals surface area contributed by atoms with E-state index in [0.717, 1.165) is 18.6 Å². The third-order valence-corrected chi connectivity index (χ3v) is 5.23. The molecule has 1 unspecified atom stereocenters. The Morgan fingerprint density at radius 1 is 0.786 bits per heavy atom. The Bertz CT molecular complexity index is 741. The molecule has 0 aromatic heterocycles. The van der Waals surface area contributed by atoms with Gasteiger partial charge in [0.05, 0.1) is 0 Å². The van der Waals surface area contributed by atoms with E-state index in [1.165, 1.54) is 23.3 Å². The lowest BCUT2D eigenvalue weighted by Crippen LogP contribution is -2.53. The number of hydrogen-bond acceptors (Lipinski definition) is 1. The summed E-state index contributed by atoms with van der Waals surface area (Å²) in [5.41, 5.74) is -3.36. The van der Waals surface area contributed by atoms with Crippen molar-refractivity contribution in [3.8, 4) is 0 Å². The molecular formula is C21H26F6O. The second-order valence-electron chi connectivity index (χ2n) is 9.56. The van der Waals surface area contributed by atoms with Crippen molar-refractivity contribution >= 4 is 0 Å². The van der Waals surface area contributed by atoms with Crippen LogP contribution < -0.4 is 0 Å². The molecule has 0 saturated carbocycles. The predicted octanol–water partition coefficient (Wildman–Crippen LogP) is 6.87. The van der Waals surface area contributed by atoms with Gasteiger partial charge in [-0.1, -0.05) is 77.0 Å². The zero-order valence-corrected chi connectivity index (χ0v) is 16.8. The molecule has 0 saturated heterocycles. The number of hydrogen-bond donors (Lipinski definition) is 1. The minimum absolute atomic E-state index is 0.0361. The molecule has 0 amide bonds. The number of alkyl halides is 6. The zero-order chi connectivity index (χ0) is 21.9. The molecule has 1 atom stereocenters. The SMILES string of the molecule is CC(C)(C)C1=C(C(c2ccc(C(O)(C(F)(F)F)C(F)(F)F)cc2)C(C)(C)C)C1. The van der Waals surface area contributed by atoms with Crippen LogP contribution in [0.1, 0.15) is 65.0 Å². The van der Waals surface area contributed by atoms with Crippen molar-refractivity contribution in [2.75, 3.05) is 0 Å². The quantitative estimate of drug-likeness (QED) is 0.427. The van der Waals surface area contributed by atoms with Gasteiger partial charge in [-0.15, -0.1) is 0 Å². The Kier molecular flexibility index (Phi) is 5.30. The standard InChI is InChI=1S/C21H26F6O/c1-17(2,3)15-11-14(15)16(18(4,5)6)12-7-9-13(10-8-12)19(28,20(22,23)24)21(25,26)27/h7-10,16,28H,11H2,1-6H3. The molecule has 1 aliphatic rings. The second-order valence-corrected chi connectivity index (χ2v) is 9.56. The van der Waals surface area contributed by atoms with Gasteiger partial charge in [-0.05, 0) is 22.8 Å². The maximum absolute atomic E-state index is 13.1. The van der Waals surface area contributed by atoms with Crippen LogP contribution in [0.2, 0.25) is 0 Å². The molecule has 0 radical (unpaired) electrons. The van der Waals surface area contributed by atoms with Crippen LogP contribution in [0.4, 0.5) is 26.3 Å². The number of halogens is 6. The van der Waals surface area contributed by atoms with E-state index in [0.29, 0.717) is 5.56 Å². The molecule has 1 N–H and O–H groups in total. The van der Waals surface area contributed by atoms with Crippen LogP contribution in [0, 0.1) is 10.8 Å². The van der Waals surface area contributed by atoms with E-state index < -0.39 is 23.5 Å². The first-order chi connectivity index (χ1) is 12.3. The van der Waals surface area contributed by atoms with Gasteiger partial charge in [-0.2, -0.15) is 26.3 Å². The van der Waals surface area contributed by atoms with Crippen molar-refractivity contribution in [1.82, 2.24) is 0 Å². The molecule has 1 aromatic carbocycles. The van der Waals surface area contributed by atoms with Crippen molar-refractivity contribution < 1.29 is 31.4 Å². The first-order valence-electron chi connectivity index (χ1n) is 9.00. The monoisotopic (exact) mass is 408 g/mol. The van der Waals surface area contributed by atoms with E-state index in [4.69, 9.17) is 0 Å². The van der Waals surface area contributed by atoms with Crippen LogP contribution in [0.3, 0.4) is 0 Å². The van der Waals surface area contributed by atoms with Gasteiger partial charge >= 0.3 is 12.4 Å². The van der Waals surface area contributed by atoms with E-state index in [1.807, 2.05) is 20.8 Å². The van der Waals surface area contributed by atoms with Gasteiger partial charge in [0, 0.05) is 11.5 Å². The Morgan fingerprint density at radius 2 is 1.21 bits per heavy atom. The Balaban J connectivity index is 2.52. The number of rotatable bonds is 3. The average Bonchev–Trinajstić information content (AvgIpc) is 3.23. The Labute approximate surface area is 161 Å².